The predicted molar refractivity (Wildman–Crippen MR) is 102 cm³/mol. The van der Waals surface area contributed by atoms with Crippen molar-refractivity contribution in [2.24, 2.45) is 0 Å². The predicted octanol–water partition coefficient (Wildman–Crippen LogP) is 2.49. The number of aliphatic hydroxyl groups excluding tert-OH is 1. The molecule has 3 aromatic rings. The summed E-state index contributed by atoms with van der Waals surface area (Å²) in [5.74, 6) is 1.65. The van der Waals surface area contributed by atoms with E-state index in [9.17, 15) is 5.11 Å². The van der Waals surface area contributed by atoms with E-state index in [-0.39, 0.29) is 24.0 Å². The monoisotopic (exact) mass is 362 g/mol. The third-order valence-corrected chi connectivity index (χ3v) is 4.35. The average Bonchev–Trinajstić information content (AvgIpc) is 2.98. The molecule has 3 heterocycles. The summed E-state index contributed by atoms with van der Waals surface area (Å²) in [6.45, 7) is 3.46. The number of halogens is 1. The Morgan fingerprint density at radius 3 is 2.68 bits per heavy atom. The van der Waals surface area contributed by atoms with Gasteiger partial charge in [-0.25, -0.2) is 9.97 Å². The van der Waals surface area contributed by atoms with Crippen LogP contribution >= 0.6 is 12.4 Å². The molecule has 0 spiro atoms. The van der Waals surface area contributed by atoms with Crippen molar-refractivity contribution in [1.29, 1.82) is 0 Å². The first-order chi connectivity index (χ1) is 11.2. The van der Waals surface area contributed by atoms with Crippen LogP contribution in [0.4, 0.5) is 5.82 Å². The van der Waals surface area contributed by atoms with Gasteiger partial charge in [0.25, 0.3) is 0 Å². The van der Waals surface area contributed by atoms with Crippen molar-refractivity contribution in [2.45, 2.75) is 25.9 Å². The lowest BCUT2D eigenvalue weighted by Gasteiger charge is -2.31. The molecule has 0 bridgehead atoms. The molecule has 0 aliphatic carbocycles. The molecular formula is C18H23ClN4O2. The van der Waals surface area contributed by atoms with Gasteiger partial charge < -0.3 is 20.5 Å². The second kappa shape index (κ2) is 7.82. The molecule has 4 N–H and O–H groups in total. The average molecular weight is 363 g/mol. The lowest BCUT2D eigenvalue weighted by atomic mass is 10.1. The fraction of sp³-hybridized carbons (Fsp3) is 0.333. The summed E-state index contributed by atoms with van der Waals surface area (Å²) in [6.07, 6.45) is 1.57. The van der Waals surface area contributed by atoms with E-state index in [1.54, 1.807) is 0 Å². The van der Waals surface area contributed by atoms with Crippen molar-refractivity contribution >= 4 is 29.3 Å². The number of hydrogen-bond donors (Lipinski definition) is 2. The number of aryl methyl sites for hydroxylation is 1. The number of aromatic amines is 1. The fourth-order valence-corrected chi connectivity index (χ4v) is 3.26. The number of benzene rings is 1. The van der Waals surface area contributed by atoms with Crippen LogP contribution in [0.5, 0.6) is 0 Å². The summed E-state index contributed by atoms with van der Waals surface area (Å²) in [4.78, 5) is 14.8. The topological polar surface area (TPSA) is 96.5 Å². The smallest absolute Gasteiger partial charge is 0.156 e. The summed E-state index contributed by atoms with van der Waals surface area (Å²) in [5, 5.41) is 9.97. The van der Waals surface area contributed by atoms with E-state index in [1.165, 1.54) is 0 Å². The number of rotatable bonds is 2. The van der Waals surface area contributed by atoms with Gasteiger partial charge in [-0.1, -0.05) is 30.3 Å². The Labute approximate surface area is 152 Å². The van der Waals surface area contributed by atoms with Crippen molar-refractivity contribution in [2.75, 3.05) is 18.0 Å². The molecular weight excluding hydrogens is 340 g/mol. The number of hydrogen-bond acceptors (Lipinski definition) is 4. The number of nitrogens with zero attached hydrogens (tertiary/aromatic N) is 3. The Morgan fingerprint density at radius 1 is 1.20 bits per heavy atom. The first kappa shape index (κ1) is 19.2. The molecule has 1 aromatic carbocycles. The van der Waals surface area contributed by atoms with Gasteiger partial charge >= 0.3 is 0 Å². The summed E-state index contributed by atoms with van der Waals surface area (Å²) in [5.41, 5.74) is 4.04. The van der Waals surface area contributed by atoms with Gasteiger partial charge in [0.15, 0.2) is 5.82 Å². The minimum atomic E-state index is -0.280. The highest BCUT2D eigenvalue weighted by atomic mass is 35.5. The van der Waals surface area contributed by atoms with Crippen LogP contribution in [0.15, 0.2) is 36.4 Å². The van der Waals surface area contributed by atoms with Gasteiger partial charge in [0.2, 0.25) is 0 Å². The van der Waals surface area contributed by atoms with Gasteiger partial charge in [-0.15, -0.1) is 12.4 Å². The van der Waals surface area contributed by atoms with Crippen LogP contribution in [-0.4, -0.2) is 44.7 Å². The molecule has 0 amide bonds. The third kappa shape index (κ3) is 3.76. The molecule has 1 fully saturated rings. The normalized spacial score (nSPS) is 17.0. The SMILES string of the molecule is Cc1nc(N2CCCC(O)C2)c2[nH]c(-c3ccccc3)cc2n1.Cl.O. The fourth-order valence-electron chi connectivity index (χ4n) is 3.26. The largest absolute Gasteiger partial charge is 0.412 e. The van der Waals surface area contributed by atoms with E-state index in [1.807, 2.05) is 25.1 Å². The van der Waals surface area contributed by atoms with Gasteiger partial charge in [-0.3, -0.25) is 0 Å². The van der Waals surface area contributed by atoms with Gasteiger partial charge in [0, 0.05) is 18.8 Å². The first-order valence-corrected chi connectivity index (χ1v) is 8.06. The second-order valence-corrected chi connectivity index (χ2v) is 6.15. The Kier molecular flexibility index (Phi) is 6.00. The number of fused-ring (bicyclic) bond motifs is 1. The molecule has 2 aromatic heterocycles. The number of anilines is 1. The van der Waals surface area contributed by atoms with Crippen molar-refractivity contribution in [1.82, 2.24) is 15.0 Å². The third-order valence-electron chi connectivity index (χ3n) is 4.35. The molecule has 134 valence electrons. The number of aliphatic hydroxyl groups is 1. The highest BCUT2D eigenvalue weighted by Gasteiger charge is 2.22. The standard InChI is InChI=1S/C18H20N4O.ClH.H2O/c1-12-19-16-10-15(13-6-3-2-4-7-13)21-17(16)18(20-12)22-9-5-8-14(23)11-22;;/h2-4,6-7,10,14,21,23H,5,8-9,11H2,1H3;1H;1H2. The van der Waals surface area contributed by atoms with Crippen LogP contribution in [0, 0.1) is 6.92 Å². The molecule has 25 heavy (non-hydrogen) atoms. The maximum atomic E-state index is 9.97. The second-order valence-electron chi connectivity index (χ2n) is 6.15. The number of H-pyrrole nitrogens is 1. The van der Waals surface area contributed by atoms with Crippen LogP contribution in [0.3, 0.4) is 0 Å². The zero-order chi connectivity index (χ0) is 15.8. The Balaban J connectivity index is 0.00000113. The van der Waals surface area contributed by atoms with Crippen LogP contribution in [0.25, 0.3) is 22.3 Å². The number of piperidine rings is 1. The lowest BCUT2D eigenvalue weighted by Crippen LogP contribution is -2.39. The molecule has 1 saturated heterocycles. The molecule has 1 aliphatic heterocycles. The summed E-state index contributed by atoms with van der Waals surface area (Å²) in [6, 6.07) is 12.3. The quantitative estimate of drug-likeness (QED) is 0.731. The summed E-state index contributed by atoms with van der Waals surface area (Å²) < 4.78 is 0. The number of aromatic nitrogens is 3. The van der Waals surface area contributed by atoms with Crippen molar-refractivity contribution in [3.05, 3.63) is 42.2 Å². The Morgan fingerprint density at radius 2 is 1.96 bits per heavy atom. The van der Waals surface area contributed by atoms with Crippen LogP contribution in [-0.2, 0) is 0 Å². The van der Waals surface area contributed by atoms with Crippen molar-refractivity contribution in [3.63, 3.8) is 0 Å². The number of β-amino-alcohol motifs (C(OH)–C–C–N with tert-alkyl or cyclic N) is 1. The minimum absolute atomic E-state index is 0. The molecule has 0 radical (unpaired) electrons. The van der Waals surface area contributed by atoms with Gasteiger partial charge in [0.05, 0.1) is 11.6 Å². The summed E-state index contributed by atoms with van der Waals surface area (Å²) >= 11 is 0. The van der Waals surface area contributed by atoms with Crippen molar-refractivity contribution < 1.29 is 10.6 Å². The van der Waals surface area contributed by atoms with Crippen molar-refractivity contribution in [3.8, 4) is 11.3 Å². The van der Waals surface area contributed by atoms with Gasteiger partial charge in [-0.05, 0) is 31.4 Å². The zero-order valence-corrected chi connectivity index (χ0v) is 14.9. The van der Waals surface area contributed by atoms with E-state index in [4.69, 9.17) is 0 Å². The maximum absolute atomic E-state index is 9.97. The molecule has 7 heteroatoms. The Hall–Kier alpha value is -2.15. The highest BCUT2D eigenvalue weighted by molar-refractivity contribution is 5.90. The van der Waals surface area contributed by atoms with Crippen LogP contribution in [0.1, 0.15) is 18.7 Å². The van der Waals surface area contributed by atoms with E-state index < -0.39 is 0 Å². The Bertz CT molecular complexity index is 838. The minimum Gasteiger partial charge on any atom is -0.412 e. The van der Waals surface area contributed by atoms with Crippen LogP contribution in [0.2, 0.25) is 0 Å². The maximum Gasteiger partial charge on any atom is 0.156 e. The summed E-state index contributed by atoms with van der Waals surface area (Å²) in [7, 11) is 0. The lowest BCUT2D eigenvalue weighted by molar-refractivity contribution is 0.154. The van der Waals surface area contributed by atoms with E-state index in [2.05, 4.69) is 38.1 Å². The van der Waals surface area contributed by atoms with E-state index in [0.29, 0.717) is 6.54 Å². The van der Waals surface area contributed by atoms with Gasteiger partial charge in [0.1, 0.15) is 11.3 Å². The molecule has 1 aliphatic rings. The number of nitrogens with one attached hydrogen (secondary N) is 1. The zero-order valence-electron chi connectivity index (χ0n) is 14.1. The van der Waals surface area contributed by atoms with E-state index >= 15 is 0 Å². The van der Waals surface area contributed by atoms with Crippen LogP contribution < -0.4 is 4.90 Å². The van der Waals surface area contributed by atoms with Gasteiger partial charge in [-0.2, -0.15) is 0 Å². The van der Waals surface area contributed by atoms with E-state index in [0.717, 1.165) is 53.3 Å². The molecule has 1 atom stereocenters. The molecule has 6 nitrogen and oxygen atoms in total. The molecule has 1 unspecified atom stereocenters. The molecule has 0 saturated carbocycles. The highest BCUT2D eigenvalue weighted by Crippen LogP contribution is 2.30. The first-order valence-electron chi connectivity index (χ1n) is 8.06. The molecule has 4 rings (SSSR count).